The fourth-order valence-corrected chi connectivity index (χ4v) is 1.19. The van der Waals surface area contributed by atoms with Crippen LogP contribution in [0.4, 0.5) is 14.9 Å². The first kappa shape index (κ1) is 14.4. The van der Waals surface area contributed by atoms with Gasteiger partial charge in [-0.3, -0.25) is 0 Å². The van der Waals surface area contributed by atoms with Gasteiger partial charge in [-0.1, -0.05) is 38.2 Å². The Morgan fingerprint density at radius 3 is 2.61 bits per heavy atom. The average molecular weight is 269 g/mol. The first-order valence-corrected chi connectivity index (χ1v) is 5.83. The number of nitrogens with two attached hydrogens (primary N) is 1. The Morgan fingerprint density at radius 1 is 1.44 bits per heavy atom. The van der Waals surface area contributed by atoms with Crippen LogP contribution in [0.2, 0.25) is 0 Å². The van der Waals surface area contributed by atoms with Crippen molar-refractivity contribution in [2.45, 2.75) is 13.8 Å². The Kier molecular flexibility index (Phi) is 4.61. The normalized spacial score (nSPS) is 10.8. The molecule has 6 heteroatoms. The molecule has 4 nitrogen and oxygen atoms in total. The van der Waals surface area contributed by atoms with Crippen LogP contribution in [0.3, 0.4) is 0 Å². The molecule has 0 aromatic heterocycles. The van der Waals surface area contributed by atoms with Crippen molar-refractivity contribution in [1.29, 1.82) is 0 Å². The average Bonchev–Trinajstić information content (AvgIpc) is 2.29. The molecule has 1 aromatic carbocycles. The van der Waals surface area contributed by atoms with Crippen LogP contribution >= 0.6 is 12.2 Å². The quantitative estimate of drug-likeness (QED) is 0.734. The maximum absolute atomic E-state index is 13.3. The number of thiocarbonyl (C=S) groups is 1. The van der Waals surface area contributed by atoms with Crippen molar-refractivity contribution in [3.05, 3.63) is 30.1 Å². The predicted octanol–water partition coefficient (Wildman–Crippen LogP) is 2.26. The number of benzene rings is 1. The lowest BCUT2D eigenvalue weighted by Gasteiger charge is -2.23. The lowest BCUT2D eigenvalue weighted by atomic mass is 9.94. The van der Waals surface area contributed by atoms with E-state index in [1.165, 1.54) is 12.1 Å². The lowest BCUT2D eigenvalue weighted by Crippen LogP contribution is -2.42. The van der Waals surface area contributed by atoms with E-state index in [1.54, 1.807) is 12.1 Å². The van der Waals surface area contributed by atoms with E-state index in [2.05, 4.69) is 10.6 Å². The smallest absolute Gasteiger partial charge is 0.319 e. The Balaban J connectivity index is 2.54. The number of carbonyl (C=O) groups is 1. The van der Waals surface area contributed by atoms with Crippen molar-refractivity contribution in [3.63, 3.8) is 0 Å². The van der Waals surface area contributed by atoms with Crippen molar-refractivity contribution in [2.75, 3.05) is 11.9 Å². The van der Waals surface area contributed by atoms with Crippen LogP contribution in [0.1, 0.15) is 13.8 Å². The molecule has 0 spiro atoms. The molecular formula is C12H16FN3OS. The third-order valence-electron chi connectivity index (χ3n) is 2.48. The van der Waals surface area contributed by atoms with Gasteiger partial charge in [-0.25, -0.2) is 9.18 Å². The van der Waals surface area contributed by atoms with Crippen molar-refractivity contribution >= 4 is 28.9 Å². The van der Waals surface area contributed by atoms with E-state index in [-0.39, 0.29) is 12.2 Å². The van der Waals surface area contributed by atoms with Crippen LogP contribution < -0.4 is 16.4 Å². The van der Waals surface area contributed by atoms with Gasteiger partial charge in [0, 0.05) is 12.0 Å². The second-order valence-electron chi connectivity index (χ2n) is 4.54. The van der Waals surface area contributed by atoms with Gasteiger partial charge < -0.3 is 16.4 Å². The first-order chi connectivity index (χ1) is 8.33. The highest BCUT2D eigenvalue weighted by atomic mass is 32.1. The summed E-state index contributed by atoms with van der Waals surface area (Å²) in [5.74, 6) is -0.485. The molecular weight excluding hydrogens is 253 g/mol. The van der Waals surface area contributed by atoms with Crippen LogP contribution in [-0.4, -0.2) is 17.6 Å². The van der Waals surface area contributed by atoms with Gasteiger partial charge in [0.05, 0.1) is 10.7 Å². The van der Waals surface area contributed by atoms with Crippen LogP contribution in [0.25, 0.3) is 0 Å². The molecule has 0 aliphatic carbocycles. The van der Waals surface area contributed by atoms with E-state index in [0.29, 0.717) is 4.99 Å². The van der Waals surface area contributed by atoms with E-state index in [0.717, 1.165) is 0 Å². The molecule has 0 aliphatic rings. The fraction of sp³-hybridized carbons (Fsp3) is 0.333. The fourth-order valence-electron chi connectivity index (χ4n) is 1.12. The summed E-state index contributed by atoms with van der Waals surface area (Å²) in [6, 6.07) is 5.44. The third kappa shape index (κ3) is 3.96. The van der Waals surface area contributed by atoms with E-state index in [4.69, 9.17) is 18.0 Å². The maximum Gasteiger partial charge on any atom is 0.319 e. The van der Waals surface area contributed by atoms with Gasteiger partial charge >= 0.3 is 6.03 Å². The highest BCUT2D eigenvalue weighted by Crippen LogP contribution is 2.14. The zero-order valence-electron chi connectivity index (χ0n) is 10.3. The Bertz CT molecular complexity index is 462. The SMILES string of the molecule is CC(C)(CNC(=O)Nc1ccccc1F)C(N)=S. The molecule has 0 unspecified atom stereocenters. The minimum Gasteiger partial charge on any atom is -0.393 e. The van der Waals surface area contributed by atoms with Gasteiger partial charge in [-0.05, 0) is 12.1 Å². The van der Waals surface area contributed by atoms with Gasteiger partial charge in [0.2, 0.25) is 0 Å². The number of carbonyl (C=O) groups excluding carboxylic acids is 1. The molecule has 0 fully saturated rings. The predicted molar refractivity (Wildman–Crippen MR) is 74.0 cm³/mol. The minimum absolute atomic E-state index is 0.128. The number of halogens is 1. The maximum atomic E-state index is 13.3. The summed E-state index contributed by atoms with van der Waals surface area (Å²) in [6.07, 6.45) is 0. The number of hydrogen-bond donors (Lipinski definition) is 3. The first-order valence-electron chi connectivity index (χ1n) is 5.42. The van der Waals surface area contributed by atoms with Crippen LogP contribution in [0.5, 0.6) is 0 Å². The van der Waals surface area contributed by atoms with Gasteiger partial charge in [0.1, 0.15) is 5.82 Å². The minimum atomic E-state index is -0.496. The zero-order valence-corrected chi connectivity index (χ0v) is 11.1. The standard InChI is InChI=1S/C12H16FN3OS/c1-12(2,10(14)18)7-15-11(17)16-9-6-4-3-5-8(9)13/h3-6H,7H2,1-2H3,(H2,14,18)(H2,15,16,17). The topological polar surface area (TPSA) is 67.2 Å². The number of urea groups is 1. The molecule has 0 heterocycles. The van der Waals surface area contributed by atoms with Gasteiger partial charge in [0.15, 0.2) is 0 Å². The molecule has 18 heavy (non-hydrogen) atoms. The summed E-state index contributed by atoms with van der Waals surface area (Å²) in [5.41, 5.74) is 5.18. The Labute approximate surface area is 111 Å². The molecule has 0 atom stereocenters. The monoisotopic (exact) mass is 269 g/mol. The number of rotatable bonds is 4. The number of nitrogens with one attached hydrogen (secondary N) is 2. The summed E-state index contributed by atoms with van der Waals surface area (Å²) in [6.45, 7) is 3.92. The molecule has 0 saturated heterocycles. The molecule has 1 rings (SSSR count). The number of para-hydroxylation sites is 1. The molecule has 4 N–H and O–H groups in total. The number of hydrogen-bond acceptors (Lipinski definition) is 2. The van der Waals surface area contributed by atoms with E-state index in [1.807, 2.05) is 13.8 Å². The largest absolute Gasteiger partial charge is 0.393 e. The second kappa shape index (κ2) is 5.77. The Hall–Kier alpha value is -1.69. The zero-order chi connectivity index (χ0) is 13.8. The summed E-state index contributed by atoms with van der Waals surface area (Å²) in [7, 11) is 0. The summed E-state index contributed by atoms with van der Waals surface area (Å²) in [5, 5.41) is 5.01. The van der Waals surface area contributed by atoms with Gasteiger partial charge in [-0.15, -0.1) is 0 Å². The number of amides is 2. The van der Waals surface area contributed by atoms with Gasteiger partial charge in [-0.2, -0.15) is 0 Å². The lowest BCUT2D eigenvalue weighted by molar-refractivity contribution is 0.249. The molecule has 98 valence electrons. The molecule has 0 saturated carbocycles. The third-order valence-corrected chi connectivity index (χ3v) is 3.03. The molecule has 0 aliphatic heterocycles. The van der Waals surface area contributed by atoms with E-state index >= 15 is 0 Å². The van der Waals surface area contributed by atoms with E-state index in [9.17, 15) is 9.18 Å². The summed E-state index contributed by atoms with van der Waals surface area (Å²) >= 11 is 4.88. The highest BCUT2D eigenvalue weighted by Gasteiger charge is 2.22. The second-order valence-corrected chi connectivity index (χ2v) is 4.98. The molecule has 2 amide bonds. The molecule has 0 radical (unpaired) electrons. The van der Waals surface area contributed by atoms with Crippen molar-refractivity contribution in [2.24, 2.45) is 11.1 Å². The van der Waals surface area contributed by atoms with Crippen molar-refractivity contribution < 1.29 is 9.18 Å². The molecule has 1 aromatic rings. The Morgan fingerprint density at radius 2 is 2.06 bits per heavy atom. The van der Waals surface area contributed by atoms with Crippen LogP contribution in [-0.2, 0) is 0 Å². The van der Waals surface area contributed by atoms with E-state index < -0.39 is 17.3 Å². The van der Waals surface area contributed by atoms with Crippen molar-refractivity contribution in [1.82, 2.24) is 5.32 Å². The number of anilines is 1. The summed E-state index contributed by atoms with van der Waals surface area (Å²) < 4.78 is 13.3. The summed E-state index contributed by atoms with van der Waals surface area (Å²) in [4.78, 5) is 11.9. The van der Waals surface area contributed by atoms with Crippen molar-refractivity contribution in [3.8, 4) is 0 Å². The highest BCUT2D eigenvalue weighted by molar-refractivity contribution is 7.80. The van der Waals surface area contributed by atoms with Crippen LogP contribution in [0, 0.1) is 11.2 Å². The van der Waals surface area contributed by atoms with Crippen LogP contribution in [0.15, 0.2) is 24.3 Å². The molecule has 0 bridgehead atoms. The van der Waals surface area contributed by atoms with Gasteiger partial charge in [0.25, 0.3) is 0 Å².